The molecule has 0 spiro atoms. The molecule has 0 bridgehead atoms. The number of nitrogens with one attached hydrogen (secondary N) is 3. The van der Waals surface area contributed by atoms with Gasteiger partial charge in [0.05, 0.1) is 17.1 Å². The molecule has 1 unspecified atom stereocenters. The van der Waals surface area contributed by atoms with E-state index in [1.54, 1.807) is 0 Å². The van der Waals surface area contributed by atoms with E-state index in [0.717, 1.165) is 29.7 Å². The van der Waals surface area contributed by atoms with E-state index < -0.39 is 0 Å². The summed E-state index contributed by atoms with van der Waals surface area (Å²) in [6, 6.07) is 7.96. The molecule has 1 atom stereocenters. The largest absolute Gasteiger partial charge is 0.340 e. The van der Waals surface area contributed by atoms with Crippen molar-refractivity contribution in [1.29, 1.82) is 0 Å². The minimum absolute atomic E-state index is 0.0974. The number of para-hydroxylation sites is 2. The second kappa shape index (κ2) is 6.81. The molecule has 22 heavy (non-hydrogen) atoms. The molecule has 0 saturated heterocycles. The van der Waals surface area contributed by atoms with Crippen LogP contribution in [0.5, 0.6) is 0 Å². The number of urea groups is 1. The summed E-state index contributed by atoms with van der Waals surface area (Å²) in [7, 11) is 0. The number of fused-ring (bicyclic) bond motifs is 1. The Morgan fingerprint density at radius 2 is 1.95 bits per heavy atom. The maximum Gasteiger partial charge on any atom is 0.315 e. The molecule has 1 saturated carbocycles. The predicted octanol–water partition coefficient (Wildman–Crippen LogP) is 3.65. The number of aromatic amines is 1. The molecule has 0 radical (unpaired) electrons. The van der Waals surface area contributed by atoms with E-state index in [9.17, 15) is 4.79 Å². The quantitative estimate of drug-likeness (QED) is 0.757. The van der Waals surface area contributed by atoms with Gasteiger partial charge in [-0.3, -0.25) is 0 Å². The number of imidazole rings is 1. The fourth-order valence-electron chi connectivity index (χ4n) is 3.09. The van der Waals surface area contributed by atoms with Crippen molar-refractivity contribution in [3.63, 3.8) is 0 Å². The lowest BCUT2D eigenvalue weighted by atomic mass is 10.1. The van der Waals surface area contributed by atoms with Crippen LogP contribution in [0.2, 0.25) is 0 Å². The standard InChI is InChI=1S/C17H24N4O/c1-12(16-20-14-10-6-7-11-15(14)21-16)18-17(22)19-13-8-4-2-3-5-9-13/h6-7,10-13H,2-5,8-9H2,1H3,(H,20,21)(H2,18,19,22). The van der Waals surface area contributed by atoms with Crippen molar-refractivity contribution in [1.82, 2.24) is 20.6 Å². The Bertz CT molecular complexity index is 595. The maximum atomic E-state index is 12.2. The van der Waals surface area contributed by atoms with E-state index in [2.05, 4.69) is 20.6 Å². The van der Waals surface area contributed by atoms with E-state index in [4.69, 9.17) is 0 Å². The highest BCUT2D eigenvalue weighted by molar-refractivity contribution is 5.76. The van der Waals surface area contributed by atoms with Gasteiger partial charge in [0.2, 0.25) is 0 Å². The van der Waals surface area contributed by atoms with Crippen LogP contribution < -0.4 is 10.6 Å². The average Bonchev–Trinajstić information content (AvgIpc) is 2.79. The average molecular weight is 300 g/mol. The van der Waals surface area contributed by atoms with E-state index >= 15 is 0 Å². The Hall–Kier alpha value is -2.04. The van der Waals surface area contributed by atoms with Crippen LogP contribution in [0, 0.1) is 0 Å². The first-order chi connectivity index (χ1) is 10.7. The van der Waals surface area contributed by atoms with E-state index in [1.807, 2.05) is 31.2 Å². The Morgan fingerprint density at radius 3 is 2.68 bits per heavy atom. The number of carbonyl (C=O) groups is 1. The number of amides is 2. The smallest absolute Gasteiger partial charge is 0.315 e. The number of hydrogen-bond donors (Lipinski definition) is 3. The monoisotopic (exact) mass is 300 g/mol. The van der Waals surface area contributed by atoms with Crippen LogP contribution in [0.3, 0.4) is 0 Å². The van der Waals surface area contributed by atoms with Crippen molar-refractivity contribution in [2.45, 2.75) is 57.5 Å². The molecule has 1 aromatic carbocycles. The van der Waals surface area contributed by atoms with Gasteiger partial charge >= 0.3 is 6.03 Å². The van der Waals surface area contributed by atoms with Crippen LogP contribution in [0.15, 0.2) is 24.3 Å². The molecule has 2 amide bonds. The zero-order chi connectivity index (χ0) is 15.4. The number of nitrogens with zero attached hydrogens (tertiary/aromatic N) is 1. The molecular formula is C17H24N4O. The van der Waals surface area contributed by atoms with Crippen molar-refractivity contribution in [3.8, 4) is 0 Å². The van der Waals surface area contributed by atoms with Gasteiger partial charge in [-0.2, -0.15) is 0 Å². The van der Waals surface area contributed by atoms with Crippen LogP contribution >= 0.6 is 0 Å². The van der Waals surface area contributed by atoms with Gasteiger partial charge in [-0.1, -0.05) is 37.8 Å². The maximum absolute atomic E-state index is 12.2. The van der Waals surface area contributed by atoms with Crippen LogP contribution in [0.25, 0.3) is 11.0 Å². The zero-order valence-electron chi connectivity index (χ0n) is 13.1. The first kappa shape index (κ1) is 14.9. The summed E-state index contributed by atoms with van der Waals surface area (Å²) in [4.78, 5) is 19.9. The number of rotatable bonds is 3. The zero-order valence-corrected chi connectivity index (χ0v) is 13.1. The fourth-order valence-corrected chi connectivity index (χ4v) is 3.09. The summed E-state index contributed by atoms with van der Waals surface area (Å²) in [5.41, 5.74) is 1.92. The van der Waals surface area contributed by atoms with Crippen molar-refractivity contribution < 1.29 is 4.79 Å². The number of H-pyrrole nitrogens is 1. The van der Waals surface area contributed by atoms with E-state index in [1.165, 1.54) is 25.7 Å². The van der Waals surface area contributed by atoms with E-state index in [0.29, 0.717) is 6.04 Å². The minimum atomic E-state index is -0.141. The van der Waals surface area contributed by atoms with E-state index in [-0.39, 0.29) is 12.1 Å². The third kappa shape index (κ3) is 3.59. The van der Waals surface area contributed by atoms with Gasteiger partial charge in [0.1, 0.15) is 5.82 Å². The molecule has 3 rings (SSSR count). The molecule has 5 nitrogen and oxygen atoms in total. The van der Waals surface area contributed by atoms with Gasteiger partial charge < -0.3 is 15.6 Å². The van der Waals surface area contributed by atoms with Crippen LogP contribution in [-0.2, 0) is 0 Å². The van der Waals surface area contributed by atoms with Gasteiger partial charge in [-0.25, -0.2) is 9.78 Å². The van der Waals surface area contributed by atoms with Crippen molar-refractivity contribution in [2.24, 2.45) is 0 Å². The molecule has 1 aliphatic carbocycles. The van der Waals surface area contributed by atoms with Gasteiger partial charge in [0, 0.05) is 6.04 Å². The minimum Gasteiger partial charge on any atom is -0.340 e. The first-order valence-electron chi connectivity index (χ1n) is 8.24. The number of carbonyl (C=O) groups excluding carboxylic acids is 1. The Morgan fingerprint density at radius 1 is 1.23 bits per heavy atom. The summed E-state index contributed by atoms with van der Waals surface area (Å²) in [6.45, 7) is 1.95. The molecule has 118 valence electrons. The Balaban J connectivity index is 1.58. The highest BCUT2D eigenvalue weighted by atomic mass is 16.2. The summed E-state index contributed by atoms with van der Waals surface area (Å²) < 4.78 is 0. The lowest BCUT2D eigenvalue weighted by molar-refractivity contribution is 0.232. The molecule has 0 aliphatic heterocycles. The topological polar surface area (TPSA) is 69.8 Å². The lowest BCUT2D eigenvalue weighted by Gasteiger charge is -2.18. The molecule has 1 aliphatic rings. The third-order valence-electron chi connectivity index (χ3n) is 4.36. The second-order valence-corrected chi connectivity index (χ2v) is 6.17. The predicted molar refractivity (Wildman–Crippen MR) is 87.7 cm³/mol. The highest BCUT2D eigenvalue weighted by Gasteiger charge is 2.17. The molecular weight excluding hydrogens is 276 g/mol. The van der Waals surface area contributed by atoms with Gasteiger partial charge in [-0.15, -0.1) is 0 Å². The Kier molecular flexibility index (Phi) is 4.61. The van der Waals surface area contributed by atoms with Crippen molar-refractivity contribution in [2.75, 3.05) is 0 Å². The normalized spacial score (nSPS) is 17.9. The lowest BCUT2D eigenvalue weighted by Crippen LogP contribution is -2.43. The molecule has 1 heterocycles. The van der Waals surface area contributed by atoms with Crippen LogP contribution in [-0.4, -0.2) is 22.0 Å². The molecule has 1 fully saturated rings. The highest BCUT2D eigenvalue weighted by Crippen LogP contribution is 2.18. The fraction of sp³-hybridized carbons (Fsp3) is 0.529. The second-order valence-electron chi connectivity index (χ2n) is 6.17. The summed E-state index contributed by atoms with van der Waals surface area (Å²) >= 11 is 0. The summed E-state index contributed by atoms with van der Waals surface area (Å²) in [5.74, 6) is 0.789. The third-order valence-corrected chi connectivity index (χ3v) is 4.36. The van der Waals surface area contributed by atoms with Crippen molar-refractivity contribution in [3.05, 3.63) is 30.1 Å². The Labute approximate surface area is 130 Å². The summed E-state index contributed by atoms with van der Waals surface area (Å²) in [6.07, 6.45) is 7.18. The van der Waals surface area contributed by atoms with Gasteiger partial charge in [-0.05, 0) is 31.9 Å². The van der Waals surface area contributed by atoms with Crippen LogP contribution in [0.1, 0.15) is 57.3 Å². The first-order valence-corrected chi connectivity index (χ1v) is 8.24. The molecule has 2 aromatic rings. The molecule has 5 heteroatoms. The van der Waals surface area contributed by atoms with Gasteiger partial charge in [0.15, 0.2) is 0 Å². The van der Waals surface area contributed by atoms with Crippen molar-refractivity contribution >= 4 is 17.1 Å². The SMILES string of the molecule is CC(NC(=O)NC1CCCCCC1)c1nc2ccccc2[nH]1. The van der Waals surface area contributed by atoms with Crippen LogP contribution in [0.4, 0.5) is 4.79 Å². The molecule has 1 aromatic heterocycles. The number of hydrogen-bond acceptors (Lipinski definition) is 2. The van der Waals surface area contributed by atoms with Gasteiger partial charge in [0.25, 0.3) is 0 Å². The summed E-state index contributed by atoms with van der Waals surface area (Å²) in [5, 5.41) is 6.08. The molecule has 3 N–H and O–H groups in total. The number of benzene rings is 1. The number of aromatic nitrogens is 2.